The van der Waals surface area contributed by atoms with Gasteiger partial charge in [0, 0.05) is 42.8 Å². The van der Waals surface area contributed by atoms with Gasteiger partial charge in [-0.1, -0.05) is 13.8 Å². The Morgan fingerprint density at radius 1 is 1.21 bits per heavy atom. The van der Waals surface area contributed by atoms with Gasteiger partial charge in [0.1, 0.15) is 11.6 Å². The van der Waals surface area contributed by atoms with Crippen molar-refractivity contribution in [1.29, 1.82) is 0 Å². The number of nitrogens with zero attached hydrogens (tertiary/aromatic N) is 3. The summed E-state index contributed by atoms with van der Waals surface area (Å²) in [5.41, 5.74) is 3.61. The summed E-state index contributed by atoms with van der Waals surface area (Å²) in [5.74, 6) is 0.0839. The smallest absolute Gasteiger partial charge is 0.256 e. The summed E-state index contributed by atoms with van der Waals surface area (Å²) >= 11 is 0. The number of hydrogen-bond acceptors (Lipinski definition) is 3. The number of hydrogen-bond donors (Lipinski definition) is 2. The van der Waals surface area contributed by atoms with Crippen LogP contribution in [0.1, 0.15) is 41.9 Å². The van der Waals surface area contributed by atoms with Crippen molar-refractivity contribution in [2.45, 2.75) is 33.1 Å². The lowest BCUT2D eigenvalue weighted by molar-refractivity contribution is 0.0731. The van der Waals surface area contributed by atoms with E-state index >= 15 is 0 Å². The number of H-pyrrole nitrogens is 1. The van der Waals surface area contributed by atoms with E-state index in [1.54, 1.807) is 11.0 Å². The number of aromatic nitrogens is 3. The van der Waals surface area contributed by atoms with Crippen molar-refractivity contribution in [2.24, 2.45) is 5.41 Å². The molecule has 1 aliphatic heterocycles. The quantitative estimate of drug-likeness (QED) is 0.701. The number of rotatable bonds is 2. The van der Waals surface area contributed by atoms with Crippen LogP contribution in [-0.2, 0) is 12.8 Å². The van der Waals surface area contributed by atoms with Gasteiger partial charge < -0.3 is 15.2 Å². The molecule has 3 heterocycles. The number of amides is 1. The third-order valence-electron chi connectivity index (χ3n) is 6.23. The Hall–Kier alpha value is -2.67. The lowest BCUT2D eigenvalue weighted by Gasteiger charge is -2.29. The van der Waals surface area contributed by atoms with E-state index < -0.39 is 5.82 Å². The molecule has 0 radical (unpaired) electrons. The lowest BCUT2D eigenvalue weighted by atomic mass is 9.77. The molecule has 1 fully saturated rings. The number of aromatic amines is 1. The maximum Gasteiger partial charge on any atom is 0.256 e. The van der Waals surface area contributed by atoms with Crippen LogP contribution in [0.3, 0.4) is 0 Å². The van der Waals surface area contributed by atoms with Gasteiger partial charge in [-0.3, -0.25) is 4.79 Å². The molecule has 2 aromatic heterocycles. The standard InChI is InChI=1S/C22H26FN5O/c1-22(2)4-3-14-13-25-28(19(14)12-22)20-10-15-9-17(23)16(11-18(15)26-20)21(29)27-7-5-24-6-8-27/h9-11,13,24,26H,3-8,12H2,1-2H3. The van der Waals surface area contributed by atoms with Crippen molar-refractivity contribution in [3.8, 4) is 5.82 Å². The van der Waals surface area contributed by atoms with Crippen LogP contribution in [0.15, 0.2) is 24.4 Å². The third kappa shape index (κ3) is 3.23. The van der Waals surface area contributed by atoms with Crippen LogP contribution >= 0.6 is 0 Å². The maximum absolute atomic E-state index is 14.8. The van der Waals surface area contributed by atoms with Gasteiger partial charge in [-0.05, 0) is 48.4 Å². The Labute approximate surface area is 169 Å². The molecular formula is C22H26FN5O. The highest BCUT2D eigenvalue weighted by Gasteiger charge is 2.29. The molecule has 0 bridgehead atoms. The monoisotopic (exact) mass is 395 g/mol. The minimum absolute atomic E-state index is 0.122. The van der Waals surface area contributed by atoms with Crippen LogP contribution in [-0.4, -0.2) is 51.8 Å². The fraction of sp³-hybridized carbons (Fsp3) is 0.455. The van der Waals surface area contributed by atoms with Crippen LogP contribution < -0.4 is 5.32 Å². The Balaban J connectivity index is 1.52. The summed E-state index contributed by atoms with van der Waals surface area (Å²) in [7, 11) is 0. The van der Waals surface area contributed by atoms with Crippen molar-refractivity contribution < 1.29 is 9.18 Å². The molecule has 2 aliphatic rings. The number of fused-ring (bicyclic) bond motifs is 2. The van der Waals surface area contributed by atoms with E-state index in [1.165, 1.54) is 17.3 Å². The van der Waals surface area contributed by atoms with Gasteiger partial charge in [0.05, 0.1) is 11.8 Å². The highest BCUT2D eigenvalue weighted by atomic mass is 19.1. The first-order chi connectivity index (χ1) is 13.9. The first-order valence-electron chi connectivity index (χ1n) is 10.3. The number of carbonyl (C=O) groups excluding carboxylic acids is 1. The van der Waals surface area contributed by atoms with Gasteiger partial charge in [0.25, 0.3) is 5.91 Å². The van der Waals surface area contributed by atoms with Crippen LogP contribution in [0, 0.1) is 11.2 Å². The van der Waals surface area contributed by atoms with E-state index in [0.717, 1.165) is 49.1 Å². The summed E-state index contributed by atoms with van der Waals surface area (Å²) in [4.78, 5) is 17.8. The van der Waals surface area contributed by atoms with Gasteiger partial charge >= 0.3 is 0 Å². The van der Waals surface area contributed by atoms with Crippen molar-refractivity contribution in [3.05, 3.63) is 47.0 Å². The highest BCUT2D eigenvalue weighted by Crippen LogP contribution is 2.35. The molecule has 1 aromatic carbocycles. The fourth-order valence-corrected chi connectivity index (χ4v) is 4.48. The minimum Gasteiger partial charge on any atom is -0.340 e. The predicted octanol–water partition coefficient (Wildman–Crippen LogP) is 3.05. The topological polar surface area (TPSA) is 66.0 Å². The Bertz CT molecular complexity index is 1090. The van der Waals surface area contributed by atoms with E-state index in [2.05, 4.69) is 29.2 Å². The van der Waals surface area contributed by atoms with E-state index in [9.17, 15) is 9.18 Å². The van der Waals surface area contributed by atoms with E-state index in [4.69, 9.17) is 0 Å². The summed E-state index contributed by atoms with van der Waals surface area (Å²) < 4.78 is 16.7. The predicted molar refractivity (Wildman–Crippen MR) is 110 cm³/mol. The summed E-state index contributed by atoms with van der Waals surface area (Å²) in [6.45, 7) is 7.23. The molecule has 2 N–H and O–H groups in total. The van der Waals surface area contributed by atoms with Crippen LogP contribution in [0.5, 0.6) is 0 Å². The summed E-state index contributed by atoms with van der Waals surface area (Å²) in [6, 6.07) is 5.00. The minimum atomic E-state index is -0.477. The van der Waals surface area contributed by atoms with E-state index in [1.807, 2.05) is 16.9 Å². The lowest BCUT2D eigenvalue weighted by Crippen LogP contribution is -2.46. The molecule has 3 aromatic rings. The summed E-state index contributed by atoms with van der Waals surface area (Å²) in [6.07, 6.45) is 5.08. The van der Waals surface area contributed by atoms with Gasteiger partial charge in [-0.2, -0.15) is 5.10 Å². The van der Waals surface area contributed by atoms with Crippen LogP contribution in [0.4, 0.5) is 4.39 Å². The second-order valence-electron chi connectivity index (χ2n) is 8.99. The Morgan fingerprint density at radius 2 is 2.00 bits per heavy atom. The molecule has 152 valence electrons. The number of nitrogens with one attached hydrogen (secondary N) is 2. The number of carbonyl (C=O) groups is 1. The number of halogens is 1. The van der Waals surface area contributed by atoms with E-state index in [-0.39, 0.29) is 16.9 Å². The molecule has 5 rings (SSSR count). The second kappa shape index (κ2) is 6.69. The molecule has 1 amide bonds. The average Bonchev–Trinajstić information content (AvgIpc) is 3.29. The maximum atomic E-state index is 14.8. The van der Waals surface area contributed by atoms with Crippen molar-refractivity contribution in [2.75, 3.05) is 26.2 Å². The number of benzene rings is 1. The molecule has 1 aliphatic carbocycles. The first-order valence-corrected chi connectivity index (χ1v) is 10.3. The SMILES string of the molecule is CC1(C)CCc2cnn(-c3cc4cc(F)c(C(=O)N5CCNCC5)cc4[nH]3)c2C1. The first kappa shape index (κ1) is 18.4. The Morgan fingerprint density at radius 3 is 2.79 bits per heavy atom. The van der Waals surface area contributed by atoms with Crippen molar-refractivity contribution in [3.63, 3.8) is 0 Å². The molecule has 6 nitrogen and oxygen atoms in total. The second-order valence-corrected chi connectivity index (χ2v) is 8.99. The molecule has 0 spiro atoms. The highest BCUT2D eigenvalue weighted by molar-refractivity contribution is 5.98. The zero-order valence-electron chi connectivity index (χ0n) is 16.9. The van der Waals surface area contributed by atoms with Crippen LogP contribution in [0.25, 0.3) is 16.7 Å². The largest absolute Gasteiger partial charge is 0.340 e. The molecule has 1 saturated heterocycles. The molecule has 0 atom stereocenters. The van der Waals surface area contributed by atoms with Crippen molar-refractivity contribution in [1.82, 2.24) is 25.0 Å². The zero-order valence-corrected chi connectivity index (χ0v) is 16.9. The number of piperazine rings is 1. The van der Waals surface area contributed by atoms with E-state index in [0.29, 0.717) is 13.1 Å². The van der Waals surface area contributed by atoms with Gasteiger partial charge in [-0.15, -0.1) is 0 Å². The van der Waals surface area contributed by atoms with Gasteiger partial charge in [0.15, 0.2) is 0 Å². The normalized spacial score (nSPS) is 18.8. The molecule has 7 heteroatoms. The van der Waals surface area contributed by atoms with Gasteiger partial charge in [-0.25, -0.2) is 9.07 Å². The Kier molecular flexibility index (Phi) is 4.24. The molecule has 0 saturated carbocycles. The van der Waals surface area contributed by atoms with Crippen molar-refractivity contribution >= 4 is 16.8 Å². The average molecular weight is 395 g/mol. The third-order valence-corrected chi connectivity index (χ3v) is 6.23. The summed E-state index contributed by atoms with van der Waals surface area (Å²) in [5, 5.41) is 8.55. The van der Waals surface area contributed by atoms with Crippen LogP contribution in [0.2, 0.25) is 0 Å². The zero-order chi connectivity index (χ0) is 20.2. The molecule has 0 unspecified atom stereocenters. The fourth-order valence-electron chi connectivity index (χ4n) is 4.48. The van der Waals surface area contributed by atoms with Gasteiger partial charge in [0.2, 0.25) is 0 Å². The molecular weight excluding hydrogens is 369 g/mol. The number of aryl methyl sites for hydroxylation is 1. The molecule has 29 heavy (non-hydrogen) atoms.